The predicted octanol–water partition coefficient (Wildman–Crippen LogP) is 3.75. The zero-order valence-electron chi connectivity index (χ0n) is 13.7. The van der Waals surface area contributed by atoms with Crippen molar-refractivity contribution in [1.82, 2.24) is 29.6 Å². The Morgan fingerprint density at radius 3 is 2.68 bits per heavy atom. The van der Waals surface area contributed by atoms with Gasteiger partial charge in [-0.3, -0.25) is 0 Å². The van der Waals surface area contributed by atoms with Gasteiger partial charge < -0.3 is 0 Å². The van der Waals surface area contributed by atoms with E-state index in [-0.39, 0.29) is 11.6 Å². The molecule has 128 valence electrons. The lowest BCUT2D eigenvalue weighted by Gasteiger charge is -2.06. The Kier molecular flexibility index (Phi) is 3.60. The molecule has 0 bridgehead atoms. The number of hydrogen-bond donors (Lipinski definition) is 0. The lowest BCUT2D eigenvalue weighted by molar-refractivity contribution is 0.572. The Morgan fingerprint density at radius 1 is 1.16 bits per heavy atom. The molecule has 0 atom stereocenters. The Hall–Kier alpha value is -2.68. The fourth-order valence-electron chi connectivity index (χ4n) is 2.62. The number of hydrogen-bond acceptors (Lipinski definition) is 5. The maximum absolute atomic E-state index is 14.1. The van der Waals surface area contributed by atoms with Gasteiger partial charge in [-0.2, -0.15) is 14.7 Å². The van der Waals surface area contributed by atoms with Crippen molar-refractivity contribution in [1.29, 1.82) is 0 Å². The van der Waals surface area contributed by atoms with Crippen molar-refractivity contribution in [2.75, 3.05) is 0 Å². The second-order valence-electron chi connectivity index (χ2n) is 5.97. The second kappa shape index (κ2) is 5.69. The van der Waals surface area contributed by atoms with Crippen LogP contribution in [0.3, 0.4) is 0 Å². The summed E-state index contributed by atoms with van der Waals surface area (Å²) in [6, 6.07) is 3.41. The van der Waals surface area contributed by atoms with Crippen LogP contribution in [0, 0.1) is 18.6 Å². The quantitative estimate of drug-likeness (QED) is 0.558. The fourth-order valence-corrected chi connectivity index (χ4v) is 3.52. The minimum absolute atomic E-state index is 0.191. The summed E-state index contributed by atoms with van der Waals surface area (Å²) in [6.45, 7) is 5.86. The fraction of sp³-hybridized carbons (Fsp3) is 0.250. The van der Waals surface area contributed by atoms with Crippen molar-refractivity contribution >= 4 is 16.3 Å². The van der Waals surface area contributed by atoms with Crippen molar-refractivity contribution < 1.29 is 8.78 Å². The third-order valence-corrected chi connectivity index (χ3v) is 4.84. The average molecular weight is 360 g/mol. The number of benzene rings is 1. The van der Waals surface area contributed by atoms with Crippen LogP contribution in [0.1, 0.15) is 31.3 Å². The summed E-state index contributed by atoms with van der Waals surface area (Å²) in [6.07, 6.45) is 1.62. The first-order chi connectivity index (χ1) is 12.0. The predicted molar refractivity (Wildman–Crippen MR) is 90.0 cm³/mol. The van der Waals surface area contributed by atoms with E-state index in [1.54, 1.807) is 10.7 Å². The molecule has 0 aliphatic carbocycles. The van der Waals surface area contributed by atoms with E-state index in [1.165, 1.54) is 28.2 Å². The molecule has 9 heteroatoms. The monoisotopic (exact) mass is 360 g/mol. The largest absolute Gasteiger partial charge is 0.234 e. The Balaban J connectivity index is 1.81. The summed E-state index contributed by atoms with van der Waals surface area (Å²) >= 11 is 1.39. The van der Waals surface area contributed by atoms with Gasteiger partial charge >= 0.3 is 0 Å². The van der Waals surface area contributed by atoms with E-state index in [0.29, 0.717) is 10.7 Å². The summed E-state index contributed by atoms with van der Waals surface area (Å²) in [4.78, 5) is 0.693. The van der Waals surface area contributed by atoms with Crippen LogP contribution in [0.15, 0.2) is 24.4 Å². The highest BCUT2D eigenvalue weighted by Gasteiger charge is 2.19. The molecule has 0 radical (unpaired) electrons. The average Bonchev–Trinajstić information content (AvgIpc) is 3.20. The number of aromatic nitrogens is 6. The second-order valence-corrected chi connectivity index (χ2v) is 6.92. The normalized spacial score (nSPS) is 11.8. The van der Waals surface area contributed by atoms with E-state index in [1.807, 2.05) is 20.8 Å². The molecule has 0 fully saturated rings. The first kappa shape index (κ1) is 15.8. The Bertz CT molecular complexity index is 1080. The van der Waals surface area contributed by atoms with Gasteiger partial charge in [0.15, 0.2) is 16.6 Å². The first-order valence-corrected chi connectivity index (χ1v) is 8.50. The topological polar surface area (TPSA) is 60.9 Å². The summed E-state index contributed by atoms with van der Waals surface area (Å²) in [5, 5.41) is 17.8. The van der Waals surface area contributed by atoms with Crippen LogP contribution in [0.5, 0.6) is 0 Å². The highest BCUT2D eigenvalue weighted by atomic mass is 32.1. The van der Waals surface area contributed by atoms with Crippen molar-refractivity contribution in [3.8, 4) is 16.3 Å². The van der Waals surface area contributed by atoms with E-state index >= 15 is 0 Å². The van der Waals surface area contributed by atoms with Crippen molar-refractivity contribution in [2.45, 2.75) is 26.7 Å². The smallest absolute Gasteiger partial charge is 0.234 e. The van der Waals surface area contributed by atoms with Crippen LogP contribution in [-0.2, 0) is 0 Å². The van der Waals surface area contributed by atoms with E-state index in [9.17, 15) is 8.78 Å². The van der Waals surface area contributed by atoms with Gasteiger partial charge in [-0.05, 0) is 19.1 Å². The van der Waals surface area contributed by atoms with Gasteiger partial charge in [-0.15, -0.1) is 10.2 Å². The van der Waals surface area contributed by atoms with Crippen LogP contribution < -0.4 is 0 Å². The molecule has 3 aromatic heterocycles. The van der Waals surface area contributed by atoms with Gasteiger partial charge in [-0.25, -0.2) is 13.5 Å². The van der Waals surface area contributed by atoms with Crippen LogP contribution in [0.4, 0.5) is 8.78 Å². The lowest BCUT2D eigenvalue weighted by Crippen LogP contribution is -2.02. The molecule has 0 saturated heterocycles. The molecule has 0 aliphatic rings. The molecule has 4 aromatic rings. The maximum atomic E-state index is 14.1. The number of halogens is 2. The number of rotatable bonds is 3. The molecule has 1 aromatic carbocycles. The molecular weight excluding hydrogens is 346 g/mol. The van der Waals surface area contributed by atoms with E-state index in [0.717, 1.165) is 22.5 Å². The summed E-state index contributed by atoms with van der Waals surface area (Å²) in [7, 11) is 0. The van der Waals surface area contributed by atoms with Crippen molar-refractivity contribution in [3.63, 3.8) is 0 Å². The SMILES string of the molecule is Cc1c(-c2nn3c(C(C)C)nnc3s2)cnn1-c1ccc(F)cc1F. The van der Waals surface area contributed by atoms with E-state index in [4.69, 9.17) is 0 Å². The molecule has 6 nitrogen and oxygen atoms in total. The van der Waals surface area contributed by atoms with Gasteiger partial charge in [0.1, 0.15) is 11.5 Å². The van der Waals surface area contributed by atoms with Gasteiger partial charge in [-0.1, -0.05) is 25.2 Å². The van der Waals surface area contributed by atoms with Crippen molar-refractivity contribution in [2.24, 2.45) is 0 Å². The van der Waals surface area contributed by atoms with Gasteiger partial charge in [0, 0.05) is 12.0 Å². The molecule has 0 unspecified atom stereocenters. The number of fused-ring (bicyclic) bond motifs is 1. The highest BCUT2D eigenvalue weighted by molar-refractivity contribution is 7.19. The Morgan fingerprint density at radius 2 is 1.96 bits per heavy atom. The van der Waals surface area contributed by atoms with Crippen LogP contribution in [-0.4, -0.2) is 29.6 Å². The highest BCUT2D eigenvalue weighted by Crippen LogP contribution is 2.30. The molecule has 3 heterocycles. The summed E-state index contributed by atoms with van der Waals surface area (Å²) in [5.41, 5.74) is 1.67. The molecule has 0 aliphatic heterocycles. The van der Waals surface area contributed by atoms with Crippen LogP contribution >= 0.6 is 11.3 Å². The molecule has 0 spiro atoms. The standard InChI is InChI=1S/C16H14F2N6S/c1-8(2)14-20-21-16-24(14)22-15(25-16)11-7-19-23(9(11)3)13-5-4-10(17)6-12(13)18/h4-8H,1-3H3. The van der Waals surface area contributed by atoms with E-state index < -0.39 is 11.6 Å². The zero-order valence-corrected chi connectivity index (χ0v) is 14.6. The third kappa shape index (κ3) is 2.51. The Labute approximate surface area is 145 Å². The number of nitrogens with zero attached hydrogens (tertiary/aromatic N) is 6. The van der Waals surface area contributed by atoms with E-state index in [2.05, 4.69) is 20.4 Å². The molecular formula is C16H14F2N6S. The zero-order chi connectivity index (χ0) is 17.7. The van der Waals surface area contributed by atoms with Crippen LogP contribution in [0.2, 0.25) is 0 Å². The molecule has 0 amide bonds. The molecule has 25 heavy (non-hydrogen) atoms. The van der Waals surface area contributed by atoms with Crippen molar-refractivity contribution in [3.05, 3.63) is 47.5 Å². The van der Waals surface area contributed by atoms with Gasteiger partial charge in [0.25, 0.3) is 0 Å². The lowest BCUT2D eigenvalue weighted by atomic mass is 10.2. The van der Waals surface area contributed by atoms with Gasteiger partial charge in [0.05, 0.1) is 17.5 Å². The summed E-state index contributed by atoms with van der Waals surface area (Å²) < 4.78 is 30.3. The first-order valence-electron chi connectivity index (χ1n) is 7.68. The minimum atomic E-state index is -0.669. The molecule has 0 N–H and O–H groups in total. The minimum Gasteiger partial charge on any atom is -0.234 e. The van der Waals surface area contributed by atoms with Gasteiger partial charge in [0.2, 0.25) is 4.96 Å². The van der Waals surface area contributed by atoms with Crippen LogP contribution in [0.25, 0.3) is 21.2 Å². The third-order valence-electron chi connectivity index (χ3n) is 3.91. The summed E-state index contributed by atoms with van der Waals surface area (Å²) in [5.74, 6) is -0.312. The molecule has 4 rings (SSSR count). The maximum Gasteiger partial charge on any atom is 0.234 e. The molecule has 0 saturated carbocycles.